The number of aromatic nitrogens is 2. The van der Waals surface area contributed by atoms with E-state index in [9.17, 15) is 0 Å². The van der Waals surface area contributed by atoms with Gasteiger partial charge in [-0.05, 0) is 19.1 Å². The maximum atomic E-state index is 5.53. The van der Waals surface area contributed by atoms with Crippen molar-refractivity contribution in [2.45, 2.75) is 6.92 Å². The number of anilines is 3. The molecule has 1 aromatic carbocycles. The summed E-state index contributed by atoms with van der Waals surface area (Å²) in [6.45, 7) is 5.08. The van der Waals surface area contributed by atoms with Crippen LogP contribution in [0, 0.1) is 0 Å². The normalized spacial score (nSPS) is 14.9. The molecule has 0 unspecified atom stereocenters. The maximum absolute atomic E-state index is 5.53. The van der Waals surface area contributed by atoms with Crippen molar-refractivity contribution >= 4 is 23.0 Å². The van der Waals surface area contributed by atoms with Crippen LogP contribution in [0.3, 0.4) is 0 Å². The molecule has 0 spiro atoms. The van der Waals surface area contributed by atoms with Gasteiger partial charge < -0.3 is 24.5 Å². The van der Waals surface area contributed by atoms with Gasteiger partial charge in [-0.25, -0.2) is 9.97 Å². The van der Waals surface area contributed by atoms with Gasteiger partial charge in [-0.15, -0.1) is 0 Å². The Hall–Kier alpha value is -2.87. The third-order valence-corrected chi connectivity index (χ3v) is 4.11. The van der Waals surface area contributed by atoms with E-state index in [0.717, 1.165) is 49.0 Å². The van der Waals surface area contributed by atoms with Crippen LogP contribution >= 0.6 is 0 Å². The molecule has 26 heavy (non-hydrogen) atoms. The summed E-state index contributed by atoms with van der Waals surface area (Å²) in [5.41, 5.74) is 3.43. The Bertz CT molecular complexity index is 758. The third kappa shape index (κ3) is 4.20. The van der Waals surface area contributed by atoms with Crippen molar-refractivity contribution in [2.24, 2.45) is 5.16 Å². The lowest BCUT2D eigenvalue weighted by Gasteiger charge is -2.29. The van der Waals surface area contributed by atoms with Crippen LogP contribution in [0.1, 0.15) is 12.5 Å². The molecule has 1 N–H and O–H groups in total. The molecule has 2 aromatic rings. The number of hydrogen-bond donors (Lipinski definition) is 1. The van der Waals surface area contributed by atoms with Crippen LogP contribution in [0.25, 0.3) is 0 Å². The fraction of sp³-hybridized carbons (Fsp3) is 0.389. The summed E-state index contributed by atoms with van der Waals surface area (Å²) in [5.74, 6) is 1.22. The molecule has 0 saturated carbocycles. The van der Waals surface area contributed by atoms with Crippen molar-refractivity contribution in [1.82, 2.24) is 9.97 Å². The summed E-state index contributed by atoms with van der Waals surface area (Å²) in [5, 5.41) is 7.06. The number of methoxy groups -OCH3 is 1. The molecule has 138 valence electrons. The molecule has 8 nitrogen and oxygen atoms in total. The summed E-state index contributed by atoms with van der Waals surface area (Å²) in [6, 6.07) is 6.04. The lowest BCUT2D eigenvalue weighted by atomic mass is 10.2. The molecule has 0 bridgehead atoms. The predicted octanol–water partition coefficient (Wildman–Crippen LogP) is 2.44. The summed E-state index contributed by atoms with van der Waals surface area (Å²) >= 11 is 0. The first-order chi connectivity index (χ1) is 12.7. The molecule has 1 aromatic heterocycles. The number of ether oxygens (including phenoxy) is 2. The van der Waals surface area contributed by atoms with Crippen molar-refractivity contribution in [1.29, 1.82) is 0 Å². The third-order valence-electron chi connectivity index (χ3n) is 4.11. The average molecular weight is 357 g/mol. The molecule has 1 aliphatic heterocycles. The van der Waals surface area contributed by atoms with E-state index in [1.807, 2.05) is 19.1 Å². The first kappa shape index (κ1) is 17.9. The van der Waals surface area contributed by atoms with Crippen LogP contribution < -0.4 is 15.0 Å². The lowest BCUT2D eigenvalue weighted by Crippen LogP contribution is -2.36. The smallest absolute Gasteiger partial charge is 0.227 e. The quantitative estimate of drug-likeness (QED) is 0.628. The minimum absolute atomic E-state index is 0.483. The van der Waals surface area contributed by atoms with Crippen LogP contribution in [0.4, 0.5) is 17.3 Å². The average Bonchev–Trinajstić information content (AvgIpc) is 2.69. The van der Waals surface area contributed by atoms with Gasteiger partial charge >= 0.3 is 0 Å². The number of hydrogen-bond acceptors (Lipinski definition) is 8. The summed E-state index contributed by atoms with van der Waals surface area (Å²) in [6.07, 6.45) is 3.39. The minimum Gasteiger partial charge on any atom is -0.494 e. The van der Waals surface area contributed by atoms with Crippen LogP contribution in [0.15, 0.2) is 35.7 Å². The van der Waals surface area contributed by atoms with Crippen LogP contribution in [0.5, 0.6) is 5.75 Å². The molecule has 2 heterocycles. The van der Waals surface area contributed by atoms with Gasteiger partial charge in [0.25, 0.3) is 0 Å². The zero-order valence-electron chi connectivity index (χ0n) is 15.2. The topological polar surface area (TPSA) is 81.1 Å². The fourth-order valence-electron chi connectivity index (χ4n) is 2.69. The van der Waals surface area contributed by atoms with E-state index < -0.39 is 0 Å². The van der Waals surface area contributed by atoms with Crippen molar-refractivity contribution in [3.8, 4) is 5.75 Å². The van der Waals surface area contributed by atoms with E-state index >= 15 is 0 Å². The Morgan fingerprint density at radius 1 is 1.19 bits per heavy atom. The van der Waals surface area contributed by atoms with Crippen LogP contribution in [-0.2, 0) is 9.57 Å². The fourth-order valence-corrected chi connectivity index (χ4v) is 2.69. The Balaban J connectivity index is 1.75. The van der Waals surface area contributed by atoms with Gasteiger partial charge in [0, 0.05) is 42.8 Å². The Morgan fingerprint density at radius 3 is 2.58 bits per heavy atom. The van der Waals surface area contributed by atoms with Crippen molar-refractivity contribution in [3.63, 3.8) is 0 Å². The molecule has 0 atom stereocenters. The Morgan fingerprint density at radius 2 is 1.92 bits per heavy atom. The summed E-state index contributed by atoms with van der Waals surface area (Å²) in [7, 11) is 3.16. The number of oxime groups is 1. The van der Waals surface area contributed by atoms with E-state index in [1.165, 1.54) is 7.11 Å². The predicted molar refractivity (Wildman–Crippen MR) is 101 cm³/mol. The van der Waals surface area contributed by atoms with Gasteiger partial charge in [0.05, 0.1) is 31.7 Å². The second-order valence-electron chi connectivity index (χ2n) is 5.76. The van der Waals surface area contributed by atoms with Crippen molar-refractivity contribution in [2.75, 3.05) is 50.7 Å². The summed E-state index contributed by atoms with van der Waals surface area (Å²) in [4.78, 5) is 15.7. The van der Waals surface area contributed by atoms with Gasteiger partial charge in [-0.3, -0.25) is 0 Å². The zero-order valence-corrected chi connectivity index (χ0v) is 15.2. The number of nitrogens with one attached hydrogen (secondary N) is 1. The standard InChI is InChI=1S/C18H23N5O3/c1-13(22-25-3)14-11-19-18(20-12-14)21-16-5-4-15(10-17(16)24-2)23-6-8-26-9-7-23/h4-5,10-12H,6-9H2,1-3H3,(H,19,20,21). The molecule has 1 fully saturated rings. The molecule has 3 rings (SSSR count). The molecule has 0 radical (unpaired) electrons. The molecule has 1 aliphatic rings. The largest absolute Gasteiger partial charge is 0.494 e. The van der Waals surface area contributed by atoms with Crippen molar-refractivity contribution < 1.29 is 14.3 Å². The van der Waals surface area contributed by atoms with Gasteiger partial charge in [-0.1, -0.05) is 5.16 Å². The van der Waals surface area contributed by atoms with Crippen molar-refractivity contribution in [3.05, 3.63) is 36.2 Å². The highest BCUT2D eigenvalue weighted by Crippen LogP contribution is 2.31. The molecule has 1 saturated heterocycles. The summed E-state index contributed by atoms with van der Waals surface area (Å²) < 4.78 is 10.9. The van der Waals surface area contributed by atoms with Gasteiger partial charge in [-0.2, -0.15) is 0 Å². The number of benzene rings is 1. The molecule has 0 aliphatic carbocycles. The second kappa shape index (κ2) is 8.48. The number of rotatable bonds is 6. The minimum atomic E-state index is 0.483. The van der Waals surface area contributed by atoms with Crippen LogP contribution in [-0.4, -0.2) is 56.2 Å². The number of nitrogens with zero attached hydrogens (tertiary/aromatic N) is 4. The lowest BCUT2D eigenvalue weighted by molar-refractivity contribution is 0.122. The monoisotopic (exact) mass is 357 g/mol. The van der Waals surface area contributed by atoms with E-state index in [1.54, 1.807) is 19.5 Å². The second-order valence-corrected chi connectivity index (χ2v) is 5.76. The molecule has 0 amide bonds. The zero-order chi connectivity index (χ0) is 18.4. The highest BCUT2D eigenvalue weighted by Gasteiger charge is 2.14. The highest BCUT2D eigenvalue weighted by atomic mass is 16.6. The number of morpholine rings is 1. The Kier molecular flexibility index (Phi) is 5.85. The van der Waals surface area contributed by atoms with Crippen LogP contribution in [0.2, 0.25) is 0 Å². The SMILES string of the molecule is CON=C(C)c1cnc(Nc2ccc(N3CCOCC3)cc2OC)nc1. The van der Waals surface area contributed by atoms with Gasteiger partial charge in [0.15, 0.2) is 0 Å². The van der Waals surface area contributed by atoms with E-state index in [4.69, 9.17) is 14.3 Å². The van der Waals surface area contributed by atoms with E-state index in [2.05, 4.69) is 31.4 Å². The van der Waals surface area contributed by atoms with Gasteiger partial charge in [0.2, 0.25) is 5.95 Å². The molecule has 8 heteroatoms. The van der Waals surface area contributed by atoms with Gasteiger partial charge in [0.1, 0.15) is 12.9 Å². The van der Waals surface area contributed by atoms with E-state index in [0.29, 0.717) is 11.7 Å². The van der Waals surface area contributed by atoms with E-state index in [-0.39, 0.29) is 0 Å². The highest BCUT2D eigenvalue weighted by molar-refractivity contribution is 5.97. The Labute approximate surface area is 152 Å². The maximum Gasteiger partial charge on any atom is 0.227 e. The first-order valence-electron chi connectivity index (χ1n) is 8.39. The molecular formula is C18H23N5O3. The first-order valence-corrected chi connectivity index (χ1v) is 8.39. The molecular weight excluding hydrogens is 334 g/mol.